The fourth-order valence-electron chi connectivity index (χ4n) is 3.42. The highest BCUT2D eigenvalue weighted by atomic mass is 32.1. The van der Waals surface area contributed by atoms with Crippen molar-refractivity contribution in [3.05, 3.63) is 40.8 Å². The van der Waals surface area contributed by atoms with E-state index < -0.39 is 30.1 Å². The quantitative estimate of drug-likeness (QED) is 0.498. The number of carboxylic acid groups (broad SMARTS) is 1. The molecule has 1 fully saturated rings. The van der Waals surface area contributed by atoms with Gasteiger partial charge in [0, 0.05) is 18.9 Å². The summed E-state index contributed by atoms with van der Waals surface area (Å²) in [7, 11) is 0. The van der Waals surface area contributed by atoms with E-state index in [1.54, 1.807) is 6.92 Å². The number of hydrogen-bond donors (Lipinski definition) is 4. The summed E-state index contributed by atoms with van der Waals surface area (Å²) in [4.78, 5) is 20.5. The number of rotatable bonds is 5. The third-order valence-electron chi connectivity index (χ3n) is 4.86. The van der Waals surface area contributed by atoms with Crippen molar-refractivity contribution in [2.45, 2.75) is 38.1 Å². The number of benzene rings is 1. The van der Waals surface area contributed by atoms with E-state index in [1.807, 2.05) is 0 Å². The van der Waals surface area contributed by atoms with Crippen molar-refractivity contribution in [1.29, 1.82) is 0 Å². The zero-order valence-electron chi connectivity index (χ0n) is 15.3. The van der Waals surface area contributed by atoms with Crippen LogP contribution in [-0.4, -0.2) is 49.6 Å². The van der Waals surface area contributed by atoms with Gasteiger partial charge in [-0.05, 0) is 24.6 Å². The van der Waals surface area contributed by atoms with Crippen molar-refractivity contribution >= 4 is 39.0 Å². The van der Waals surface area contributed by atoms with Crippen molar-refractivity contribution in [2.75, 3.05) is 5.32 Å². The molecule has 1 aliphatic carbocycles. The molecule has 1 aromatic carbocycles. The number of aliphatic hydroxyl groups is 2. The van der Waals surface area contributed by atoms with Crippen molar-refractivity contribution in [3.8, 4) is 5.75 Å². The van der Waals surface area contributed by atoms with Crippen molar-refractivity contribution < 1.29 is 29.2 Å². The Hall–Kier alpha value is -2.82. The maximum absolute atomic E-state index is 13.8. The predicted molar refractivity (Wildman–Crippen MR) is 104 cm³/mol. The van der Waals surface area contributed by atoms with Crippen LogP contribution in [0.2, 0.25) is 0 Å². The van der Waals surface area contributed by atoms with Gasteiger partial charge >= 0.3 is 5.97 Å². The summed E-state index contributed by atoms with van der Waals surface area (Å²) < 4.78 is 19.7. The fourth-order valence-corrected chi connectivity index (χ4v) is 4.41. The number of carboxylic acids is 1. The van der Waals surface area contributed by atoms with Gasteiger partial charge in [-0.2, -0.15) is 0 Å². The van der Waals surface area contributed by atoms with Gasteiger partial charge in [0.25, 0.3) is 0 Å². The first-order valence-corrected chi connectivity index (χ1v) is 9.72. The van der Waals surface area contributed by atoms with Gasteiger partial charge in [-0.1, -0.05) is 0 Å². The largest absolute Gasteiger partial charge is 0.488 e. The minimum atomic E-state index is -1.04. The van der Waals surface area contributed by atoms with Crippen molar-refractivity contribution in [2.24, 2.45) is 0 Å². The van der Waals surface area contributed by atoms with Crippen LogP contribution in [0, 0.1) is 12.7 Å². The molecule has 10 heteroatoms. The minimum absolute atomic E-state index is 0.174. The lowest BCUT2D eigenvalue weighted by atomic mass is 10.2. The second kappa shape index (κ2) is 7.54. The van der Waals surface area contributed by atoms with Crippen LogP contribution in [-0.2, 0) is 0 Å². The summed E-state index contributed by atoms with van der Waals surface area (Å²) >= 11 is 1.05. The summed E-state index contributed by atoms with van der Waals surface area (Å²) in [6, 6.07) is 3.95. The molecule has 0 radical (unpaired) electrons. The molecule has 4 rings (SSSR count). The molecule has 2 aromatic heterocycles. The molecular weight excluding hydrogens is 401 g/mol. The third kappa shape index (κ3) is 3.74. The monoisotopic (exact) mass is 419 g/mol. The number of halogens is 1. The fraction of sp³-hybridized carbons (Fsp3) is 0.316. The Labute approximate surface area is 168 Å². The molecule has 8 nitrogen and oxygen atoms in total. The molecule has 0 unspecified atom stereocenters. The van der Waals surface area contributed by atoms with Gasteiger partial charge in [-0.15, -0.1) is 11.3 Å². The molecule has 3 aromatic rings. The molecule has 2 heterocycles. The first-order valence-electron chi connectivity index (χ1n) is 8.90. The minimum Gasteiger partial charge on any atom is -0.488 e. The van der Waals surface area contributed by atoms with Crippen LogP contribution < -0.4 is 10.1 Å². The zero-order chi connectivity index (χ0) is 20.7. The van der Waals surface area contributed by atoms with Gasteiger partial charge in [-0.3, -0.25) is 0 Å². The van der Waals surface area contributed by atoms with Gasteiger partial charge in [0.15, 0.2) is 0 Å². The number of hydrogen-bond acceptors (Lipinski definition) is 8. The van der Waals surface area contributed by atoms with Gasteiger partial charge in [0.1, 0.15) is 39.5 Å². The smallest absolute Gasteiger partial charge is 0.346 e. The highest BCUT2D eigenvalue weighted by Crippen LogP contribution is 2.37. The number of aromatic nitrogens is 2. The number of thiophene rings is 1. The molecule has 1 saturated carbocycles. The van der Waals surface area contributed by atoms with E-state index in [2.05, 4.69) is 15.3 Å². The molecule has 4 N–H and O–H groups in total. The molecule has 0 spiro atoms. The average molecular weight is 419 g/mol. The topological polar surface area (TPSA) is 125 Å². The van der Waals surface area contributed by atoms with Crippen LogP contribution in [0.4, 0.5) is 15.9 Å². The number of aryl methyl sites for hydroxylation is 1. The Morgan fingerprint density at radius 1 is 1.28 bits per heavy atom. The molecule has 0 aliphatic heterocycles. The number of nitrogens with zero attached hydrogens (tertiary/aromatic N) is 2. The van der Waals surface area contributed by atoms with Crippen LogP contribution in [0.25, 0.3) is 10.2 Å². The van der Waals surface area contributed by atoms with Gasteiger partial charge in [-0.25, -0.2) is 19.2 Å². The van der Waals surface area contributed by atoms with Crippen LogP contribution in [0.15, 0.2) is 24.5 Å². The second-order valence-corrected chi connectivity index (χ2v) is 7.87. The number of aliphatic hydroxyl groups excluding tert-OH is 2. The van der Waals surface area contributed by atoms with Gasteiger partial charge in [0.05, 0.1) is 23.3 Å². The van der Waals surface area contributed by atoms with E-state index >= 15 is 0 Å². The van der Waals surface area contributed by atoms with Crippen LogP contribution >= 0.6 is 11.3 Å². The standard InChI is InChI=1S/C19H18FN3O5S/c1-8-15-17(21-7-22-18(15)29-16(8)19(26)27)23-11-3-2-9(20)4-14(11)28-10-5-12(24)13(25)6-10/h2-4,7,10,12-13,24-25H,5-6H2,1H3,(H,26,27)(H,21,22,23)/t10-,12-,13+. The second-order valence-electron chi connectivity index (χ2n) is 6.88. The Balaban J connectivity index is 1.69. The highest BCUT2D eigenvalue weighted by molar-refractivity contribution is 7.20. The van der Waals surface area contributed by atoms with E-state index in [9.17, 15) is 24.5 Å². The van der Waals surface area contributed by atoms with Gasteiger partial charge < -0.3 is 25.4 Å². The average Bonchev–Trinajstić information content (AvgIpc) is 3.17. The summed E-state index contributed by atoms with van der Waals surface area (Å²) in [6.45, 7) is 1.68. The predicted octanol–water partition coefficient (Wildman–Crippen LogP) is 2.84. The van der Waals surface area contributed by atoms with E-state index in [4.69, 9.17) is 4.74 Å². The summed E-state index contributed by atoms with van der Waals surface area (Å²) in [5, 5.41) is 32.4. The lowest BCUT2D eigenvalue weighted by Crippen LogP contribution is -2.17. The molecule has 29 heavy (non-hydrogen) atoms. The van der Waals surface area contributed by atoms with E-state index in [0.29, 0.717) is 27.3 Å². The van der Waals surface area contributed by atoms with Crippen LogP contribution in [0.3, 0.4) is 0 Å². The number of aromatic carboxylic acids is 1. The Morgan fingerprint density at radius 2 is 2.00 bits per heavy atom. The Morgan fingerprint density at radius 3 is 2.69 bits per heavy atom. The normalized spacial score (nSPS) is 21.4. The van der Waals surface area contributed by atoms with Crippen LogP contribution in [0.1, 0.15) is 28.1 Å². The van der Waals surface area contributed by atoms with Gasteiger partial charge in [0.2, 0.25) is 0 Å². The van der Waals surface area contributed by atoms with E-state index in [1.165, 1.54) is 24.5 Å². The summed E-state index contributed by atoms with van der Waals surface area (Å²) in [5.41, 5.74) is 0.956. The lowest BCUT2D eigenvalue weighted by Gasteiger charge is -2.17. The molecule has 152 valence electrons. The van der Waals surface area contributed by atoms with Crippen molar-refractivity contribution in [3.63, 3.8) is 0 Å². The first kappa shape index (κ1) is 19.5. The van der Waals surface area contributed by atoms with E-state index in [0.717, 1.165) is 11.3 Å². The summed E-state index contributed by atoms with van der Waals surface area (Å²) in [5.74, 6) is -0.966. The number of nitrogens with one attached hydrogen (secondary N) is 1. The lowest BCUT2D eigenvalue weighted by molar-refractivity contribution is 0.0438. The van der Waals surface area contributed by atoms with E-state index in [-0.39, 0.29) is 23.5 Å². The van der Waals surface area contributed by atoms with Crippen LogP contribution in [0.5, 0.6) is 5.75 Å². The molecule has 0 amide bonds. The maximum Gasteiger partial charge on any atom is 0.346 e. The zero-order valence-corrected chi connectivity index (χ0v) is 16.1. The molecule has 1 aliphatic rings. The number of fused-ring (bicyclic) bond motifs is 1. The third-order valence-corrected chi connectivity index (χ3v) is 6.05. The number of anilines is 2. The summed E-state index contributed by atoms with van der Waals surface area (Å²) in [6.07, 6.45) is -0.431. The molecule has 0 saturated heterocycles. The molecule has 0 bridgehead atoms. The number of ether oxygens (including phenoxy) is 1. The van der Waals surface area contributed by atoms with Crippen molar-refractivity contribution in [1.82, 2.24) is 9.97 Å². The molecule has 3 atom stereocenters. The maximum atomic E-state index is 13.8. The SMILES string of the molecule is Cc1c(C(=O)O)sc2ncnc(Nc3ccc(F)cc3O[C@@H]3C[C@@H](O)[C@@H](O)C3)c12. The molecular formula is C19H18FN3O5S. The first-order chi connectivity index (χ1) is 13.8. The Bertz CT molecular complexity index is 1080. The Kier molecular flexibility index (Phi) is 5.07. The number of carbonyl (C=O) groups is 1. The highest BCUT2D eigenvalue weighted by Gasteiger charge is 2.33.